The van der Waals surface area contributed by atoms with Crippen LogP contribution in [-0.4, -0.2) is 5.25 Å². The zero-order valence-electron chi connectivity index (χ0n) is 20.3. The molecule has 0 bridgehead atoms. The minimum atomic E-state index is 0.542. The Morgan fingerprint density at radius 1 is 0.722 bits per heavy atom. The molecule has 5 aromatic rings. The lowest BCUT2D eigenvalue weighted by atomic mass is 9.71. The van der Waals surface area contributed by atoms with Crippen molar-refractivity contribution in [3.63, 3.8) is 0 Å². The van der Waals surface area contributed by atoms with Crippen LogP contribution in [0.1, 0.15) is 37.2 Å². The topological polar surface area (TPSA) is 0 Å². The Morgan fingerprint density at radius 2 is 1.58 bits per heavy atom. The van der Waals surface area contributed by atoms with Crippen LogP contribution in [0.2, 0.25) is 0 Å². The maximum Gasteiger partial charge on any atom is 0.0200 e. The molecule has 0 amide bonds. The van der Waals surface area contributed by atoms with Crippen LogP contribution in [0.3, 0.4) is 0 Å². The first-order chi connectivity index (χ1) is 17.8. The third-order valence-corrected chi connectivity index (χ3v) is 11.6. The molecule has 4 unspecified atom stereocenters. The van der Waals surface area contributed by atoms with Crippen LogP contribution in [-0.2, 0) is 0 Å². The Balaban J connectivity index is 1.31. The quantitative estimate of drug-likeness (QED) is 0.131. The summed E-state index contributed by atoms with van der Waals surface area (Å²) in [5, 5.41) is 8.89. The summed E-state index contributed by atoms with van der Waals surface area (Å²) in [5.74, 6) is 2.45. The van der Waals surface area contributed by atoms with Crippen molar-refractivity contribution in [1.29, 1.82) is 0 Å². The third kappa shape index (κ3) is 2.43. The van der Waals surface area contributed by atoms with E-state index in [0.717, 1.165) is 23.0 Å². The van der Waals surface area contributed by atoms with Crippen molar-refractivity contribution in [2.75, 3.05) is 0 Å². The van der Waals surface area contributed by atoms with E-state index in [4.69, 9.17) is 0 Å². The molecule has 1 heteroatoms. The van der Waals surface area contributed by atoms with Crippen molar-refractivity contribution >= 4 is 44.1 Å². The molecule has 2 fully saturated rings. The van der Waals surface area contributed by atoms with Crippen LogP contribution in [0.4, 0.5) is 0 Å². The number of hydrogen-bond acceptors (Lipinski definition) is 1. The highest BCUT2D eigenvalue weighted by Crippen LogP contribution is 2.81. The third-order valence-electron chi connectivity index (χ3n) is 10.1. The lowest BCUT2D eigenvalue weighted by Gasteiger charge is -2.42. The summed E-state index contributed by atoms with van der Waals surface area (Å²) < 4.78 is 0. The van der Waals surface area contributed by atoms with Gasteiger partial charge in [-0.1, -0.05) is 85.3 Å². The van der Waals surface area contributed by atoms with Gasteiger partial charge in [-0.3, -0.25) is 0 Å². The average Bonchev–Trinajstić information content (AvgIpc) is 3.63. The van der Waals surface area contributed by atoms with Gasteiger partial charge in [0.2, 0.25) is 0 Å². The lowest BCUT2D eigenvalue weighted by molar-refractivity contribution is 0.238. The Hall–Kier alpha value is -3.03. The monoisotopic (exact) mass is 480 g/mol. The Morgan fingerprint density at radius 3 is 2.53 bits per heavy atom. The Kier molecular flexibility index (Phi) is 3.93. The molecule has 36 heavy (non-hydrogen) atoms. The number of rotatable bonds is 1. The normalized spacial score (nSPS) is 29.7. The molecule has 0 N–H and O–H groups in total. The van der Waals surface area contributed by atoms with E-state index in [2.05, 4.69) is 109 Å². The van der Waals surface area contributed by atoms with Crippen molar-refractivity contribution < 1.29 is 0 Å². The summed E-state index contributed by atoms with van der Waals surface area (Å²) in [6.45, 7) is 0. The predicted octanol–water partition coefficient (Wildman–Crippen LogP) is 9.75. The maximum absolute atomic E-state index is 2.61. The highest BCUT2D eigenvalue weighted by atomic mass is 32.2. The predicted molar refractivity (Wildman–Crippen MR) is 154 cm³/mol. The van der Waals surface area contributed by atoms with E-state index in [-0.39, 0.29) is 0 Å². The molecule has 174 valence electrons. The molecule has 0 radical (unpaired) electrons. The standard InChI is InChI=1S/C35H28S/c1-3-11-25-21(7-1)15-17-27-28(25)19-22-8-2-4-12-26(22)33(27)23-16-18-31-29(20-23)34-30-13-5-9-24-10-6-14-32(36-31)35(24,30)34/h1-4,6-8,10-12,15-20,24,30,32,34H,5,9,13-14H2/t24?,30?,32-,34?,35?/m0/s1. The van der Waals surface area contributed by atoms with E-state index in [1.807, 2.05) is 0 Å². The van der Waals surface area contributed by atoms with E-state index in [1.54, 1.807) is 10.5 Å². The second kappa shape index (κ2) is 7.05. The SMILES string of the molecule is C1=CC2CCCC3C4c5cc(-c6c7ccccc7cc7c6ccc6ccccc67)ccc5S[C@@H](C1)C234. The lowest BCUT2D eigenvalue weighted by Crippen LogP contribution is -2.35. The molecule has 2 saturated carbocycles. The summed E-state index contributed by atoms with van der Waals surface area (Å²) >= 11 is 2.20. The van der Waals surface area contributed by atoms with Crippen molar-refractivity contribution in [2.45, 2.75) is 41.7 Å². The summed E-state index contributed by atoms with van der Waals surface area (Å²) in [6.07, 6.45) is 10.6. The van der Waals surface area contributed by atoms with Gasteiger partial charge in [-0.2, -0.15) is 0 Å². The van der Waals surface area contributed by atoms with Crippen molar-refractivity contribution in [3.05, 3.63) is 103 Å². The Labute approximate surface area is 216 Å². The fourth-order valence-corrected chi connectivity index (χ4v) is 10.4. The van der Waals surface area contributed by atoms with Gasteiger partial charge in [0, 0.05) is 10.1 Å². The highest BCUT2D eigenvalue weighted by molar-refractivity contribution is 8.00. The van der Waals surface area contributed by atoms with E-state index < -0.39 is 0 Å². The zero-order valence-corrected chi connectivity index (χ0v) is 21.1. The number of thioether (sulfide) groups is 1. The molecule has 0 saturated heterocycles. The molecule has 4 aliphatic rings. The number of hydrogen-bond donors (Lipinski definition) is 0. The van der Waals surface area contributed by atoms with Gasteiger partial charge in [-0.05, 0) is 110 Å². The van der Waals surface area contributed by atoms with E-state index in [1.165, 1.54) is 69.1 Å². The van der Waals surface area contributed by atoms with E-state index in [0.29, 0.717) is 5.41 Å². The molecule has 1 spiro atoms. The van der Waals surface area contributed by atoms with Crippen molar-refractivity contribution in [1.82, 2.24) is 0 Å². The van der Waals surface area contributed by atoms with Crippen LogP contribution < -0.4 is 0 Å². The summed E-state index contributed by atoms with van der Waals surface area (Å²) in [5.41, 5.74) is 5.00. The fraction of sp³-hybridized carbons (Fsp3) is 0.257. The number of benzene rings is 5. The number of allylic oxidation sites excluding steroid dienone is 2. The fourth-order valence-electron chi connectivity index (χ4n) is 8.72. The minimum Gasteiger partial charge on any atom is -0.121 e. The molecular weight excluding hydrogens is 452 g/mol. The molecule has 9 rings (SSSR count). The maximum atomic E-state index is 2.61. The molecule has 5 aromatic carbocycles. The molecule has 1 aliphatic heterocycles. The van der Waals surface area contributed by atoms with Gasteiger partial charge in [0.05, 0.1) is 0 Å². The smallest absolute Gasteiger partial charge is 0.0200 e. The van der Waals surface area contributed by atoms with E-state index in [9.17, 15) is 0 Å². The first kappa shape index (κ1) is 20.1. The molecule has 1 heterocycles. The van der Waals surface area contributed by atoms with E-state index >= 15 is 0 Å². The minimum absolute atomic E-state index is 0.542. The second-order valence-corrected chi connectivity index (χ2v) is 12.7. The first-order valence-electron chi connectivity index (χ1n) is 13.6. The summed E-state index contributed by atoms with van der Waals surface area (Å²) in [7, 11) is 0. The largest absolute Gasteiger partial charge is 0.121 e. The van der Waals surface area contributed by atoms with Crippen LogP contribution in [0.25, 0.3) is 43.4 Å². The van der Waals surface area contributed by atoms with Crippen molar-refractivity contribution in [3.8, 4) is 11.1 Å². The number of fused-ring (bicyclic) bond motifs is 7. The second-order valence-electron chi connectivity index (χ2n) is 11.5. The van der Waals surface area contributed by atoms with Gasteiger partial charge >= 0.3 is 0 Å². The molecular formula is C35H28S. The average molecular weight is 481 g/mol. The van der Waals surface area contributed by atoms with Crippen molar-refractivity contribution in [2.24, 2.45) is 17.3 Å². The molecule has 5 atom stereocenters. The molecule has 3 aliphatic carbocycles. The first-order valence-corrected chi connectivity index (χ1v) is 14.5. The van der Waals surface area contributed by atoms with Crippen LogP contribution in [0.5, 0.6) is 0 Å². The van der Waals surface area contributed by atoms with Gasteiger partial charge in [-0.25, -0.2) is 0 Å². The zero-order chi connectivity index (χ0) is 23.4. The van der Waals surface area contributed by atoms with Gasteiger partial charge in [0.15, 0.2) is 0 Å². The van der Waals surface area contributed by atoms with Crippen LogP contribution in [0, 0.1) is 17.3 Å². The highest BCUT2D eigenvalue weighted by Gasteiger charge is 2.74. The van der Waals surface area contributed by atoms with Crippen LogP contribution >= 0.6 is 11.8 Å². The van der Waals surface area contributed by atoms with Gasteiger partial charge in [0.25, 0.3) is 0 Å². The summed E-state index contributed by atoms with van der Waals surface area (Å²) in [6, 6.07) is 32.4. The van der Waals surface area contributed by atoms with Crippen LogP contribution in [0.15, 0.2) is 102 Å². The van der Waals surface area contributed by atoms with Gasteiger partial charge in [0.1, 0.15) is 0 Å². The molecule has 0 aromatic heterocycles. The van der Waals surface area contributed by atoms with Gasteiger partial charge in [-0.15, -0.1) is 11.8 Å². The summed E-state index contributed by atoms with van der Waals surface area (Å²) in [4.78, 5) is 1.55. The van der Waals surface area contributed by atoms with Gasteiger partial charge < -0.3 is 0 Å². The Bertz CT molecular complexity index is 1760. The molecule has 0 nitrogen and oxygen atoms in total.